The minimum atomic E-state index is -0.561. The molecule has 0 aliphatic heterocycles. The number of nitrogens with zero attached hydrogens (tertiary/aromatic N) is 1. The lowest BCUT2D eigenvalue weighted by Gasteiger charge is -2.09. The van der Waals surface area contributed by atoms with Gasteiger partial charge in [0.1, 0.15) is 11.6 Å². The summed E-state index contributed by atoms with van der Waals surface area (Å²) in [4.78, 5) is 10.2. The summed E-state index contributed by atoms with van der Waals surface area (Å²) in [6.07, 6.45) is 0. The van der Waals surface area contributed by atoms with Gasteiger partial charge in [-0.3, -0.25) is 10.1 Å². The first-order valence-electron chi connectivity index (χ1n) is 6.01. The van der Waals surface area contributed by atoms with E-state index in [4.69, 9.17) is 4.74 Å². The number of nitrogens with one attached hydrogen (secondary N) is 1. The van der Waals surface area contributed by atoms with Crippen molar-refractivity contribution in [2.45, 2.75) is 6.54 Å². The standard InChI is InChI=1S/C14H12F2N2O3/c1-21-14-7-11(3-5-13(14)18(19)20)17-8-9-6-10(15)2-4-12(9)16/h2-7,17H,8H2,1H3. The van der Waals surface area contributed by atoms with Crippen LogP contribution in [0, 0.1) is 21.7 Å². The number of nitro groups is 1. The van der Waals surface area contributed by atoms with Crippen molar-refractivity contribution >= 4 is 11.4 Å². The van der Waals surface area contributed by atoms with Gasteiger partial charge in [-0.1, -0.05) is 0 Å². The van der Waals surface area contributed by atoms with Crippen LogP contribution in [-0.4, -0.2) is 12.0 Å². The van der Waals surface area contributed by atoms with Crippen molar-refractivity contribution < 1.29 is 18.4 Å². The molecular formula is C14H12F2N2O3. The van der Waals surface area contributed by atoms with E-state index in [1.807, 2.05) is 0 Å². The molecule has 0 unspecified atom stereocenters. The molecular weight excluding hydrogens is 282 g/mol. The lowest BCUT2D eigenvalue weighted by Crippen LogP contribution is -2.03. The molecule has 5 nitrogen and oxygen atoms in total. The van der Waals surface area contributed by atoms with Crippen molar-refractivity contribution in [2.75, 3.05) is 12.4 Å². The molecule has 21 heavy (non-hydrogen) atoms. The topological polar surface area (TPSA) is 64.4 Å². The highest BCUT2D eigenvalue weighted by Crippen LogP contribution is 2.29. The van der Waals surface area contributed by atoms with E-state index in [-0.39, 0.29) is 23.5 Å². The smallest absolute Gasteiger partial charge is 0.311 e. The van der Waals surface area contributed by atoms with Gasteiger partial charge in [0.05, 0.1) is 12.0 Å². The minimum Gasteiger partial charge on any atom is -0.490 e. The predicted molar refractivity (Wildman–Crippen MR) is 73.3 cm³/mol. The Hall–Kier alpha value is -2.70. The molecule has 0 radical (unpaired) electrons. The van der Waals surface area contributed by atoms with Crippen LogP contribution < -0.4 is 10.1 Å². The molecule has 0 saturated heterocycles. The quantitative estimate of drug-likeness (QED) is 0.677. The molecule has 0 aliphatic carbocycles. The van der Waals surface area contributed by atoms with E-state index < -0.39 is 16.6 Å². The highest BCUT2D eigenvalue weighted by atomic mass is 19.1. The van der Waals surface area contributed by atoms with Gasteiger partial charge in [-0.2, -0.15) is 0 Å². The third-order valence-corrected chi connectivity index (χ3v) is 2.87. The molecule has 0 fully saturated rings. The van der Waals surface area contributed by atoms with E-state index in [9.17, 15) is 18.9 Å². The summed E-state index contributed by atoms with van der Waals surface area (Å²) in [5.41, 5.74) is 0.494. The van der Waals surface area contributed by atoms with E-state index in [0.29, 0.717) is 5.69 Å². The van der Waals surface area contributed by atoms with Gasteiger partial charge in [0.15, 0.2) is 5.75 Å². The molecule has 0 bridgehead atoms. The number of halogens is 2. The fourth-order valence-electron chi connectivity index (χ4n) is 1.81. The molecule has 2 rings (SSSR count). The van der Waals surface area contributed by atoms with Crippen molar-refractivity contribution in [3.05, 3.63) is 63.7 Å². The Kier molecular flexibility index (Phi) is 4.32. The maximum absolute atomic E-state index is 13.5. The zero-order valence-corrected chi connectivity index (χ0v) is 11.1. The Labute approximate surface area is 119 Å². The highest BCUT2D eigenvalue weighted by Gasteiger charge is 2.14. The third kappa shape index (κ3) is 3.44. The first kappa shape index (κ1) is 14.7. The number of methoxy groups -OCH3 is 1. The highest BCUT2D eigenvalue weighted by molar-refractivity contribution is 5.58. The van der Waals surface area contributed by atoms with Crippen LogP contribution in [0.2, 0.25) is 0 Å². The second kappa shape index (κ2) is 6.17. The summed E-state index contributed by atoms with van der Waals surface area (Å²) >= 11 is 0. The number of anilines is 1. The van der Waals surface area contributed by atoms with Gasteiger partial charge in [0.25, 0.3) is 0 Å². The van der Waals surface area contributed by atoms with Gasteiger partial charge >= 0.3 is 5.69 Å². The molecule has 0 amide bonds. The van der Waals surface area contributed by atoms with Crippen molar-refractivity contribution in [3.63, 3.8) is 0 Å². The Bertz CT molecular complexity index is 677. The molecule has 0 aromatic heterocycles. The van der Waals surface area contributed by atoms with Crippen LogP contribution >= 0.6 is 0 Å². The number of rotatable bonds is 5. The van der Waals surface area contributed by atoms with Crippen molar-refractivity contribution in [3.8, 4) is 5.75 Å². The number of hydrogen-bond acceptors (Lipinski definition) is 4. The first-order valence-corrected chi connectivity index (χ1v) is 6.01. The summed E-state index contributed by atoms with van der Waals surface area (Å²) in [5.74, 6) is -0.975. The van der Waals surface area contributed by atoms with Crippen LogP contribution in [0.1, 0.15) is 5.56 Å². The fourth-order valence-corrected chi connectivity index (χ4v) is 1.81. The van der Waals surface area contributed by atoms with Gasteiger partial charge in [-0.15, -0.1) is 0 Å². The SMILES string of the molecule is COc1cc(NCc2cc(F)ccc2F)ccc1[N+](=O)[O-]. The number of hydrogen-bond donors (Lipinski definition) is 1. The molecule has 110 valence electrons. The van der Waals surface area contributed by atoms with Gasteiger partial charge < -0.3 is 10.1 Å². The van der Waals surface area contributed by atoms with Crippen molar-refractivity contribution in [1.29, 1.82) is 0 Å². The molecule has 2 aromatic rings. The van der Waals surface area contributed by atoms with E-state index in [1.54, 1.807) is 0 Å². The molecule has 2 aromatic carbocycles. The average molecular weight is 294 g/mol. The summed E-state index contributed by atoms with van der Waals surface area (Å²) in [7, 11) is 1.32. The van der Waals surface area contributed by atoms with Gasteiger partial charge in [-0.05, 0) is 24.3 Å². The molecule has 0 saturated carbocycles. The van der Waals surface area contributed by atoms with Gasteiger partial charge in [-0.25, -0.2) is 8.78 Å². The lowest BCUT2D eigenvalue weighted by atomic mass is 10.2. The number of nitro benzene ring substituents is 1. The van der Waals surface area contributed by atoms with Crippen LogP contribution in [0.15, 0.2) is 36.4 Å². The summed E-state index contributed by atoms with van der Waals surface area (Å²) < 4.78 is 31.4. The van der Waals surface area contributed by atoms with Crippen molar-refractivity contribution in [1.82, 2.24) is 0 Å². The maximum atomic E-state index is 13.5. The van der Waals surface area contributed by atoms with Crippen LogP contribution in [0.3, 0.4) is 0 Å². The number of benzene rings is 2. The molecule has 0 aliphatic rings. The third-order valence-electron chi connectivity index (χ3n) is 2.87. The van der Waals surface area contributed by atoms with E-state index >= 15 is 0 Å². The van der Waals surface area contributed by atoms with E-state index in [1.165, 1.54) is 25.3 Å². The molecule has 0 heterocycles. The zero-order valence-electron chi connectivity index (χ0n) is 11.1. The molecule has 7 heteroatoms. The van der Waals surface area contributed by atoms with Crippen LogP contribution in [0.4, 0.5) is 20.2 Å². The Balaban J connectivity index is 2.17. The molecule has 0 atom stereocenters. The Morgan fingerprint density at radius 3 is 2.67 bits per heavy atom. The molecule has 1 N–H and O–H groups in total. The second-order valence-electron chi connectivity index (χ2n) is 4.23. The van der Waals surface area contributed by atoms with Crippen LogP contribution in [0.25, 0.3) is 0 Å². The zero-order chi connectivity index (χ0) is 15.4. The number of ether oxygens (including phenoxy) is 1. The summed E-state index contributed by atoms with van der Waals surface area (Å²) in [6.45, 7) is 0.0462. The lowest BCUT2D eigenvalue weighted by molar-refractivity contribution is -0.385. The van der Waals surface area contributed by atoms with Crippen LogP contribution in [0.5, 0.6) is 5.75 Å². The fraction of sp³-hybridized carbons (Fsp3) is 0.143. The van der Waals surface area contributed by atoms with Crippen LogP contribution in [-0.2, 0) is 6.54 Å². The second-order valence-corrected chi connectivity index (χ2v) is 4.23. The van der Waals surface area contributed by atoms with E-state index in [0.717, 1.165) is 18.2 Å². The molecule has 0 spiro atoms. The first-order chi connectivity index (χ1) is 10.0. The Morgan fingerprint density at radius 1 is 1.24 bits per heavy atom. The van der Waals surface area contributed by atoms with E-state index in [2.05, 4.69) is 5.32 Å². The van der Waals surface area contributed by atoms with Gasteiger partial charge in [0, 0.05) is 29.9 Å². The minimum absolute atomic E-state index is 0.0462. The predicted octanol–water partition coefficient (Wildman–Crippen LogP) is 3.49. The summed E-state index contributed by atoms with van der Waals surface area (Å²) in [6, 6.07) is 7.34. The Morgan fingerprint density at radius 2 is 2.00 bits per heavy atom. The average Bonchev–Trinajstić information content (AvgIpc) is 2.47. The maximum Gasteiger partial charge on any atom is 0.311 e. The summed E-state index contributed by atoms with van der Waals surface area (Å²) in [5, 5.41) is 13.6. The van der Waals surface area contributed by atoms with Gasteiger partial charge in [0.2, 0.25) is 0 Å². The largest absolute Gasteiger partial charge is 0.490 e. The van der Waals surface area contributed by atoms with Crippen molar-refractivity contribution in [2.24, 2.45) is 0 Å². The monoisotopic (exact) mass is 294 g/mol. The normalized spacial score (nSPS) is 10.2.